The summed E-state index contributed by atoms with van der Waals surface area (Å²) in [4.78, 5) is 17.4. The average molecular weight is 456 g/mol. The van der Waals surface area contributed by atoms with Gasteiger partial charge < -0.3 is 4.90 Å². The summed E-state index contributed by atoms with van der Waals surface area (Å²) in [6.07, 6.45) is 1.90. The summed E-state index contributed by atoms with van der Waals surface area (Å²) < 4.78 is 27.7. The lowest BCUT2D eigenvalue weighted by molar-refractivity contribution is -0.120. The molecule has 0 radical (unpaired) electrons. The third-order valence-corrected chi connectivity index (χ3v) is 8.78. The maximum absolute atomic E-state index is 13.1. The van der Waals surface area contributed by atoms with Gasteiger partial charge in [-0.05, 0) is 55.0 Å². The molecule has 7 heteroatoms. The highest BCUT2D eigenvalue weighted by molar-refractivity contribution is 7.89. The Morgan fingerprint density at radius 1 is 1.03 bits per heavy atom. The van der Waals surface area contributed by atoms with Gasteiger partial charge in [0, 0.05) is 37.9 Å². The van der Waals surface area contributed by atoms with Crippen LogP contribution in [0.1, 0.15) is 44.2 Å². The van der Waals surface area contributed by atoms with Crippen LogP contribution in [-0.2, 0) is 21.2 Å². The standard InChI is InChI=1S/C25H33N3O3S/c1-4-19(2)21-9-11-23(12-10-21)32(30,31)27-15-13-26(14-16-27)18-25(29)28-20(3)17-22-7-5-6-8-24(22)28/h5-12,19-20H,4,13-18H2,1-3H3/t19-,20-/m0/s1. The van der Waals surface area contributed by atoms with Crippen molar-refractivity contribution < 1.29 is 13.2 Å². The lowest BCUT2D eigenvalue weighted by Gasteiger charge is -2.35. The van der Waals surface area contributed by atoms with Gasteiger partial charge in [-0.3, -0.25) is 9.69 Å². The summed E-state index contributed by atoms with van der Waals surface area (Å²) in [5, 5.41) is 0. The molecule has 172 valence electrons. The zero-order chi connectivity index (χ0) is 22.9. The number of nitrogens with zero attached hydrogens (tertiary/aromatic N) is 3. The molecular formula is C25H33N3O3S. The first-order valence-corrected chi connectivity index (χ1v) is 13.0. The number of amides is 1. The van der Waals surface area contributed by atoms with Crippen molar-refractivity contribution in [1.29, 1.82) is 0 Å². The smallest absolute Gasteiger partial charge is 0.243 e. The first-order valence-electron chi connectivity index (χ1n) is 11.5. The maximum Gasteiger partial charge on any atom is 0.243 e. The van der Waals surface area contributed by atoms with Crippen LogP contribution in [0.15, 0.2) is 53.4 Å². The van der Waals surface area contributed by atoms with Crippen molar-refractivity contribution in [1.82, 2.24) is 9.21 Å². The third-order valence-electron chi connectivity index (χ3n) is 6.87. The fourth-order valence-corrected chi connectivity index (χ4v) is 6.12. The number of hydrogen-bond donors (Lipinski definition) is 0. The number of sulfonamides is 1. The summed E-state index contributed by atoms with van der Waals surface area (Å²) in [6, 6.07) is 15.5. The van der Waals surface area contributed by atoms with Gasteiger partial charge in [-0.15, -0.1) is 0 Å². The second kappa shape index (κ2) is 9.33. The Kier molecular flexibility index (Phi) is 6.70. The molecule has 6 nitrogen and oxygen atoms in total. The minimum atomic E-state index is -3.52. The molecule has 4 rings (SSSR count). The van der Waals surface area contributed by atoms with Crippen LogP contribution in [0.5, 0.6) is 0 Å². The lowest BCUT2D eigenvalue weighted by atomic mass is 9.99. The van der Waals surface area contributed by atoms with Crippen LogP contribution in [0.3, 0.4) is 0 Å². The molecule has 2 heterocycles. The number of piperazine rings is 1. The van der Waals surface area contributed by atoms with Gasteiger partial charge in [0.15, 0.2) is 0 Å². The number of hydrogen-bond acceptors (Lipinski definition) is 4. The van der Waals surface area contributed by atoms with Crippen LogP contribution in [0, 0.1) is 0 Å². The molecule has 0 saturated carbocycles. The molecule has 2 aromatic carbocycles. The Balaban J connectivity index is 1.36. The zero-order valence-corrected chi connectivity index (χ0v) is 20.0. The summed E-state index contributed by atoms with van der Waals surface area (Å²) in [7, 11) is -3.52. The SMILES string of the molecule is CC[C@H](C)c1ccc(S(=O)(=O)N2CCN(CC(=O)N3c4ccccc4C[C@@H]3C)CC2)cc1. The number of benzene rings is 2. The van der Waals surface area contributed by atoms with Crippen LogP contribution in [0.4, 0.5) is 5.69 Å². The van der Waals surface area contributed by atoms with Crippen molar-refractivity contribution in [2.24, 2.45) is 0 Å². The van der Waals surface area contributed by atoms with Crippen molar-refractivity contribution in [2.45, 2.75) is 50.5 Å². The van der Waals surface area contributed by atoms with Gasteiger partial charge in [0.05, 0.1) is 11.4 Å². The predicted octanol–water partition coefficient (Wildman–Crippen LogP) is 3.48. The predicted molar refractivity (Wildman–Crippen MR) is 127 cm³/mol. The van der Waals surface area contributed by atoms with E-state index in [0.29, 0.717) is 43.5 Å². The fourth-order valence-electron chi connectivity index (χ4n) is 4.69. The second-order valence-electron chi connectivity index (χ2n) is 9.00. The van der Waals surface area contributed by atoms with Crippen molar-refractivity contribution in [3.05, 3.63) is 59.7 Å². The molecule has 0 aliphatic carbocycles. The highest BCUT2D eigenvalue weighted by Crippen LogP contribution is 2.32. The van der Waals surface area contributed by atoms with Gasteiger partial charge in [-0.25, -0.2) is 8.42 Å². The first-order chi connectivity index (χ1) is 15.3. The Morgan fingerprint density at radius 3 is 2.34 bits per heavy atom. The Bertz CT molecular complexity index is 1060. The molecule has 1 saturated heterocycles. The van der Waals surface area contributed by atoms with E-state index in [1.165, 1.54) is 5.56 Å². The Hall–Kier alpha value is -2.22. The number of para-hydroxylation sites is 1. The van der Waals surface area contributed by atoms with E-state index in [1.807, 2.05) is 35.2 Å². The van der Waals surface area contributed by atoms with E-state index in [2.05, 4.69) is 31.7 Å². The molecule has 0 spiro atoms. The molecule has 0 aromatic heterocycles. The molecule has 1 fully saturated rings. The molecular weight excluding hydrogens is 422 g/mol. The van der Waals surface area contributed by atoms with Gasteiger partial charge >= 0.3 is 0 Å². The van der Waals surface area contributed by atoms with Gasteiger partial charge in [0.1, 0.15) is 0 Å². The molecule has 2 aliphatic rings. The molecule has 2 aromatic rings. The monoisotopic (exact) mass is 455 g/mol. The molecule has 0 N–H and O–H groups in total. The highest BCUT2D eigenvalue weighted by atomic mass is 32.2. The number of anilines is 1. The van der Waals surface area contributed by atoms with Crippen molar-refractivity contribution in [3.63, 3.8) is 0 Å². The Labute approximate surface area is 191 Å². The van der Waals surface area contributed by atoms with Gasteiger partial charge in [0.2, 0.25) is 15.9 Å². The van der Waals surface area contributed by atoms with Crippen molar-refractivity contribution >= 4 is 21.6 Å². The summed E-state index contributed by atoms with van der Waals surface area (Å²) in [5.74, 6) is 0.498. The number of rotatable bonds is 6. The van der Waals surface area contributed by atoms with E-state index >= 15 is 0 Å². The van der Waals surface area contributed by atoms with Crippen molar-refractivity contribution in [2.75, 3.05) is 37.6 Å². The number of carbonyl (C=O) groups is 1. The third kappa shape index (κ3) is 4.47. The van der Waals surface area contributed by atoms with Crippen LogP contribution in [0.25, 0.3) is 0 Å². The van der Waals surface area contributed by atoms with Crippen LogP contribution >= 0.6 is 0 Å². The van der Waals surface area contributed by atoms with E-state index in [0.717, 1.165) is 24.1 Å². The largest absolute Gasteiger partial charge is 0.308 e. The van der Waals surface area contributed by atoms with E-state index in [1.54, 1.807) is 16.4 Å². The van der Waals surface area contributed by atoms with Gasteiger partial charge in [-0.1, -0.05) is 44.2 Å². The zero-order valence-electron chi connectivity index (χ0n) is 19.2. The van der Waals surface area contributed by atoms with E-state index in [4.69, 9.17) is 0 Å². The highest BCUT2D eigenvalue weighted by Gasteiger charge is 2.33. The molecule has 32 heavy (non-hydrogen) atoms. The van der Waals surface area contributed by atoms with E-state index in [9.17, 15) is 13.2 Å². The average Bonchev–Trinajstić information content (AvgIpc) is 3.14. The lowest BCUT2D eigenvalue weighted by Crippen LogP contribution is -2.52. The fraction of sp³-hybridized carbons (Fsp3) is 0.480. The quantitative estimate of drug-likeness (QED) is 0.669. The van der Waals surface area contributed by atoms with Gasteiger partial charge in [0.25, 0.3) is 0 Å². The minimum Gasteiger partial charge on any atom is -0.308 e. The molecule has 2 aliphatic heterocycles. The number of carbonyl (C=O) groups excluding carboxylic acids is 1. The van der Waals surface area contributed by atoms with E-state index in [-0.39, 0.29) is 11.9 Å². The van der Waals surface area contributed by atoms with Crippen molar-refractivity contribution in [3.8, 4) is 0 Å². The van der Waals surface area contributed by atoms with E-state index < -0.39 is 10.0 Å². The maximum atomic E-state index is 13.1. The molecule has 0 unspecified atom stereocenters. The van der Waals surface area contributed by atoms with Crippen LogP contribution in [-0.4, -0.2) is 62.3 Å². The van der Waals surface area contributed by atoms with Crippen LogP contribution < -0.4 is 4.90 Å². The van der Waals surface area contributed by atoms with Gasteiger partial charge in [-0.2, -0.15) is 4.31 Å². The second-order valence-corrected chi connectivity index (χ2v) is 10.9. The topological polar surface area (TPSA) is 60.9 Å². The molecule has 0 bridgehead atoms. The summed E-state index contributed by atoms with van der Waals surface area (Å²) in [6.45, 7) is 8.57. The summed E-state index contributed by atoms with van der Waals surface area (Å²) in [5.41, 5.74) is 3.38. The Morgan fingerprint density at radius 2 is 1.69 bits per heavy atom. The van der Waals surface area contributed by atoms with Crippen LogP contribution in [0.2, 0.25) is 0 Å². The first kappa shape index (κ1) is 23.0. The normalized spacial score (nSPS) is 20.8. The minimum absolute atomic E-state index is 0.0828. The molecule has 1 amide bonds. The number of fused-ring (bicyclic) bond motifs is 1. The summed E-state index contributed by atoms with van der Waals surface area (Å²) >= 11 is 0. The molecule has 2 atom stereocenters.